The highest BCUT2D eigenvalue weighted by molar-refractivity contribution is 5.82. The first kappa shape index (κ1) is 7.19. The van der Waals surface area contributed by atoms with Crippen molar-refractivity contribution in [2.75, 3.05) is 0 Å². The van der Waals surface area contributed by atoms with Gasteiger partial charge in [-0.3, -0.25) is 5.10 Å². The van der Waals surface area contributed by atoms with E-state index in [1.807, 2.05) is 12.1 Å². The number of aromatic nitrogens is 6. The number of rotatable bonds is 1. The molecule has 0 bridgehead atoms. The number of H-pyrrole nitrogens is 1. The van der Waals surface area contributed by atoms with Crippen molar-refractivity contribution in [3.8, 4) is 5.82 Å². The lowest BCUT2D eigenvalue weighted by Gasteiger charge is -1.92. The molecule has 3 aromatic heterocycles. The van der Waals surface area contributed by atoms with E-state index in [0.29, 0.717) is 5.82 Å². The Hall–Kier alpha value is -2.24. The number of nitrogens with zero attached hydrogens (tertiary/aromatic N) is 5. The van der Waals surface area contributed by atoms with Gasteiger partial charge in [0, 0.05) is 6.20 Å². The molecular formula is C8H6N6. The average molecular weight is 186 g/mol. The third kappa shape index (κ3) is 0.905. The van der Waals surface area contributed by atoms with Gasteiger partial charge in [-0.25, -0.2) is 4.98 Å². The number of hydrogen-bond donors (Lipinski definition) is 1. The lowest BCUT2D eigenvalue weighted by atomic mass is 10.3. The van der Waals surface area contributed by atoms with Gasteiger partial charge in [0.15, 0.2) is 11.5 Å². The molecule has 3 aromatic rings. The number of nitrogens with one attached hydrogen (secondary N) is 1. The summed E-state index contributed by atoms with van der Waals surface area (Å²) in [5.41, 5.74) is 0.748. The summed E-state index contributed by atoms with van der Waals surface area (Å²) in [6.07, 6.45) is 5.06. The second-order valence-electron chi connectivity index (χ2n) is 2.79. The van der Waals surface area contributed by atoms with Crippen LogP contribution in [0.5, 0.6) is 0 Å². The maximum absolute atomic E-state index is 4.13. The Morgan fingerprint density at radius 2 is 2.29 bits per heavy atom. The summed E-state index contributed by atoms with van der Waals surface area (Å²) < 4.78 is 1.60. The molecule has 0 aliphatic rings. The van der Waals surface area contributed by atoms with Crippen LogP contribution in [0.25, 0.3) is 16.9 Å². The number of pyridine rings is 1. The highest BCUT2D eigenvalue weighted by Crippen LogP contribution is 2.15. The van der Waals surface area contributed by atoms with Crippen LogP contribution in [0.1, 0.15) is 0 Å². The molecule has 3 rings (SSSR count). The first-order valence-corrected chi connectivity index (χ1v) is 4.11. The van der Waals surface area contributed by atoms with Crippen molar-refractivity contribution in [1.29, 1.82) is 0 Å². The van der Waals surface area contributed by atoms with Gasteiger partial charge in [-0.2, -0.15) is 9.78 Å². The molecule has 6 nitrogen and oxygen atoms in total. The minimum Gasteiger partial charge on any atom is -0.259 e. The van der Waals surface area contributed by atoms with E-state index in [2.05, 4.69) is 25.5 Å². The molecule has 68 valence electrons. The van der Waals surface area contributed by atoms with Crippen LogP contribution in [0.4, 0.5) is 0 Å². The summed E-state index contributed by atoms with van der Waals surface area (Å²) in [7, 11) is 0. The van der Waals surface area contributed by atoms with Crippen molar-refractivity contribution in [2.24, 2.45) is 0 Å². The predicted octanol–water partition coefficient (Wildman–Crippen LogP) is 0.539. The zero-order valence-electron chi connectivity index (χ0n) is 7.12. The summed E-state index contributed by atoms with van der Waals surface area (Å²) in [6, 6.07) is 3.79. The zero-order chi connectivity index (χ0) is 9.38. The molecule has 6 heteroatoms. The van der Waals surface area contributed by atoms with Crippen molar-refractivity contribution in [3.63, 3.8) is 0 Å². The fourth-order valence-electron chi connectivity index (χ4n) is 1.34. The summed E-state index contributed by atoms with van der Waals surface area (Å²) >= 11 is 0. The first-order valence-electron chi connectivity index (χ1n) is 4.11. The molecule has 0 unspecified atom stereocenters. The largest absolute Gasteiger partial charge is 0.259 e. The molecule has 0 aliphatic heterocycles. The van der Waals surface area contributed by atoms with E-state index in [1.165, 1.54) is 0 Å². The third-order valence-corrected chi connectivity index (χ3v) is 1.96. The fourth-order valence-corrected chi connectivity index (χ4v) is 1.34. The molecule has 0 radical (unpaired) electrons. The molecule has 3 heterocycles. The van der Waals surface area contributed by atoms with Crippen LogP contribution in [0, 0.1) is 0 Å². The molecule has 0 spiro atoms. The van der Waals surface area contributed by atoms with Crippen LogP contribution in [0.3, 0.4) is 0 Å². The van der Waals surface area contributed by atoms with Crippen molar-refractivity contribution < 1.29 is 0 Å². The van der Waals surface area contributed by atoms with Gasteiger partial charge in [-0.15, -0.1) is 5.10 Å². The van der Waals surface area contributed by atoms with E-state index in [9.17, 15) is 0 Å². The molecule has 0 amide bonds. The smallest absolute Gasteiger partial charge is 0.186 e. The van der Waals surface area contributed by atoms with Crippen LogP contribution in [-0.4, -0.2) is 30.2 Å². The Kier molecular flexibility index (Phi) is 1.35. The van der Waals surface area contributed by atoms with Crippen molar-refractivity contribution >= 4 is 11.0 Å². The molecule has 0 saturated heterocycles. The van der Waals surface area contributed by atoms with Gasteiger partial charge < -0.3 is 0 Å². The van der Waals surface area contributed by atoms with E-state index in [4.69, 9.17) is 0 Å². The van der Waals surface area contributed by atoms with Crippen LogP contribution >= 0.6 is 0 Å². The second-order valence-corrected chi connectivity index (χ2v) is 2.79. The Labute approximate surface area is 78.6 Å². The summed E-state index contributed by atoms with van der Waals surface area (Å²) in [4.78, 5) is 4.13. The van der Waals surface area contributed by atoms with Gasteiger partial charge in [-0.1, -0.05) is 5.21 Å². The van der Waals surface area contributed by atoms with Crippen LogP contribution in [-0.2, 0) is 0 Å². The third-order valence-electron chi connectivity index (χ3n) is 1.96. The van der Waals surface area contributed by atoms with E-state index < -0.39 is 0 Å². The van der Waals surface area contributed by atoms with E-state index in [1.54, 1.807) is 23.3 Å². The molecule has 1 N–H and O–H groups in total. The SMILES string of the molecule is c1cnc2[nH]nc(-n3ccnn3)c2c1. The van der Waals surface area contributed by atoms with Crippen molar-refractivity contribution in [3.05, 3.63) is 30.7 Å². The molecule has 0 aliphatic carbocycles. The number of fused-ring (bicyclic) bond motifs is 1. The molecule has 0 aromatic carbocycles. The van der Waals surface area contributed by atoms with Gasteiger partial charge in [-0.05, 0) is 12.1 Å². The van der Waals surface area contributed by atoms with Gasteiger partial charge in [0.25, 0.3) is 0 Å². The van der Waals surface area contributed by atoms with Crippen LogP contribution in [0.2, 0.25) is 0 Å². The molecule has 0 fully saturated rings. The fraction of sp³-hybridized carbons (Fsp3) is 0. The Morgan fingerprint density at radius 3 is 3.14 bits per heavy atom. The van der Waals surface area contributed by atoms with Gasteiger partial charge in [0.2, 0.25) is 0 Å². The lowest BCUT2D eigenvalue weighted by Crippen LogP contribution is -1.95. The van der Waals surface area contributed by atoms with Gasteiger partial charge in [0.1, 0.15) is 0 Å². The monoisotopic (exact) mass is 186 g/mol. The topological polar surface area (TPSA) is 72.3 Å². The Morgan fingerprint density at radius 1 is 1.29 bits per heavy atom. The number of hydrogen-bond acceptors (Lipinski definition) is 4. The highest BCUT2D eigenvalue weighted by atomic mass is 15.4. The predicted molar refractivity (Wildman–Crippen MR) is 48.8 cm³/mol. The normalized spacial score (nSPS) is 10.9. The van der Waals surface area contributed by atoms with Crippen molar-refractivity contribution in [1.82, 2.24) is 30.2 Å². The standard InChI is InChI=1S/C8H6N6/c1-2-6-7(9-3-1)11-12-8(6)14-5-4-10-13-14/h1-5H,(H,9,11,12). The molecule has 0 atom stereocenters. The van der Waals surface area contributed by atoms with Gasteiger partial charge in [0.05, 0.1) is 17.8 Å². The average Bonchev–Trinajstić information content (AvgIpc) is 2.85. The van der Waals surface area contributed by atoms with Crippen molar-refractivity contribution in [2.45, 2.75) is 0 Å². The zero-order valence-corrected chi connectivity index (χ0v) is 7.12. The Bertz CT molecular complexity index is 552. The molecule has 14 heavy (non-hydrogen) atoms. The maximum atomic E-state index is 4.13. The maximum Gasteiger partial charge on any atom is 0.186 e. The van der Waals surface area contributed by atoms with E-state index >= 15 is 0 Å². The second kappa shape index (κ2) is 2.63. The summed E-state index contributed by atoms with van der Waals surface area (Å²) in [5.74, 6) is 0.714. The lowest BCUT2D eigenvalue weighted by molar-refractivity contribution is 0.780. The molecule has 0 saturated carbocycles. The minimum atomic E-state index is 0.714. The highest BCUT2D eigenvalue weighted by Gasteiger charge is 2.07. The Balaban J connectivity index is 2.33. The van der Waals surface area contributed by atoms with Gasteiger partial charge >= 0.3 is 0 Å². The quantitative estimate of drug-likeness (QED) is 0.602. The summed E-state index contributed by atoms with van der Waals surface area (Å²) in [5, 5.41) is 15.5. The van der Waals surface area contributed by atoms with Crippen LogP contribution in [0.15, 0.2) is 30.7 Å². The minimum absolute atomic E-state index is 0.714. The number of aromatic amines is 1. The first-order chi connectivity index (χ1) is 6.95. The summed E-state index contributed by atoms with van der Waals surface area (Å²) in [6.45, 7) is 0. The van der Waals surface area contributed by atoms with E-state index in [-0.39, 0.29) is 0 Å². The van der Waals surface area contributed by atoms with E-state index in [0.717, 1.165) is 11.0 Å². The molecular weight excluding hydrogens is 180 g/mol. The van der Waals surface area contributed by atoms with Crippen LogP contribution < -0.4 is 0 Å².